The van der Waals surface area contributed by atoms with E-state index in [1.54, 1.807) is 0 Å². The van der Waals surface area contributed by atoms with Gasteiger partial charge in [0.25, 0.3) is 0 Å². The van der Waals surface area contributed by atoms with Gasteiger partial charge in [-0.2, -0.15) is 0 Å². The normalized spacial score (nSPS) is 25.0. The van der Waals surface area contributed by atoms with Crippen molar-refractivity contribution in [2.24, 2.45) is 11.7 Å². The molecule has 2 atom stereocenters. The molecular formula is C19H28ClN3O2. The highest BCUT2D eigenvalue weighted by atomic mass is 35.5. The molecule has 1 aromatic rings. The molecule has 1 aliphatic carbocycles. The molecule has 2 fully saturated rings. The van der Waals surface area contributed by atoms with Gasteiger partial charge in [-0.3, -0.25) is 9.69 Å². The molecule has 3 rings (SSSR count). The summed E-state index contributed by atoms with van der Waals surface area (Å²) in [5.74, 6) is 1.29. The predicted molar refractivity (Wildman–Crippen MR) is 99.9 cm³/mol. The number of ether oxygens (including phenoxy) is 1. The van der Waals surface area contributed by atoms with E-state index in [9.17, 15) is 4.79 Å². The Morgan fingerprint density at radius 2 is 1.88 bits per heavy atom. The monoisotopic (exact) mass is 365 g/mol. The molecule has 2 N–H and O–H groups in total. The Morgan fingerprint density at radius 1 is 1.16 bits per heavy atom. The highest BCUT2D eigenvalue weighted by molar-refractivity contribution is 6.30. The number of piperazine rings is 1. The smallest absolute Gasteiger partial charge is 0.225 e. The summed E-state index contributed by atoms with van der Waals surface area (Å²) >= 11 is 5.87. The Balaban J connectivity index is 1.36. The Morgan fingerprint density at radius 3 is 2.56 bits per heavy atom. The van der Waals surface area contributed by atoms with Crippen molar-refractivity contribution in [3.63, 3.8) is 0 Å². The molecule has 0 spiro atoms. The van der Waals surface area contributed by atoms with Crippen molar-refractivity contribution in [2.45, 2.75) is 31.7 Å². The Kier molecular flexibility index (Phi) is 6.57. The van der Waals surface area contributed by atoms with Crippen LogP contribution in [0, 0.1) is 5.92 Å². The van der Waals surface area contributed by atoms with Crippen LogP contribution in [0.25, 0.3) is 0 Å². The lowest BCUT2D eigenvalue weighted by atomic mass is 9.85. The lowest BCUT2D eigenvalue weighted by Gasteiger charge is -2.37. The van der Waals surface area contributed by atoms with Crippen LogP contribution in [-0.2, 0) is 4.79 Å². The topological polar surface area (TPSA) is 58.8 Å². The first-order valence-corrected chi connectivity index (χ1v) is 9.64. The van der Waals surface area contributed by atoms with Crippen LogP contribution < -0.4 is 10.5 Å². The van der Waals surface area contributed by atoms with Gasteiger partial charge in [-0.15, -0.1) is 0 Å². The number of halogens is 1. The minimum Gasteiger partial charge on any atom is -0.492 e. The summed E-state index contributed by atoms with van der Waals surface area (Å²) in [4.78, 5) is 17.0. The zero-order chi connectivity index (χ0) is 17.6. The first kappa shape index (κ1) is 18.5. The summed E-state index contributed by atoms with van der Waals surface area (Å²) in [5.41, 5.74) is 6.03. The predicted octanol–water partition coefficient (Wildman–Crippen LogP) is 2.38. The van der Waals surface area contributed by atoms with E-state index in [0.29, 0.717) is 17.5 Å². The quantitative estimate of drug-likeness (QED) is 0.870. The molecular weight excluding hydrogens is 338 g/mol. The van der Waals surface area contributed by atoms with Crippen LogP contribution in [0.5, 0.6) is 5.75 Å². The fourth-order valence-electron chi connectivity index (χ4n) is 3.73. The number of hydrogen-bond acceptors (Lipinski definition) is 4. The molecule has 1 saturated carbocycles. The van der Waals surface area contributed by atoms with E-state index in [-0.39, 0.29) is 12.0 Å². The molecule has 1 aromatic carbocycles. The minimum absolute atomic E-state index is 0.142. The molecule has 5 nitrogen and oxygen atoms in total. The second kappa shape index (κ2) is 8.88. The highest BCUT2D eigenvalue weighted by Crippen LogP contribution is 2.25. The van der Waals surface area contributed by atoms with Crippen LogP contribution in [0.1, 0.15) is 25.7 Å². The molecule has 6 heteroatoms. The van der Waals surface area contributed by atoms with Gasteiger partial charge in [0.2, 0.25) is 5.91 Å². The van der Waals surface area contributed by atoms with E-state index < -0.39 is 0 Å². The number of carbonyl (C=O) groups excluding carboxylic acids is 1. The van der Waals surface area contributed by atoms with Crippen molar-refractivity contribution in [1.82, 2.24) is 9.80 Å². The fourth-order valence-corrected chi connectivity index (χ4v) is 3.85. The Labute approximate surface area is 155 Å². The summed E-state index contributed by atoms with van der Waals surface area (Å²) in [5, 5.41) is 0.715. The Hall–Kier alpha value is -1.30. The van der Waals surface area contributed by atoms with Gasteiger partial charge in [0, 0.05) is 49.7 Å². The molecule has 0 aromatic heterocycles. The third-order valence-corrected chi connectivity index (χ3v) is 5.49. The van der Waals surface area contributed by atoms with Gasteiger partial charge in [0.15, 0.2) is 0 Å². The number of hydrogen-bond donors (Lipinski definition) is 1. The molecule has 0 radical (unpaired) electrons. The number of benzene rings is 1. The maximum absolute atomic E-state index is 12.6. The third-order valence-electron chi connectivity index (χ3n) is 5.24. The van der Waals surface area contributed by atoms with Gasteiger partial charge < -0.3 is 15.4 Å². The number of rotatable bonds is 5. The second-order valence-electron chi connectivity index (χ2n) is 7.09. The van der Waals surface area contributed by atoms with E-state index in [2.05, 4.69) is 4.90 Å². The molecule has 1 aliphatic heterocycles. The van der Waals surface area contributed by atoms with Gasteiger partial charge in [-0.1, -0.05) is 18.0 Å². The summed E-state index contributed by atoms with van der Waals surface area (Å²) in [6, 6.07) is 7.63. The maximum atomic E-state index is 12.6. The average Bonchev–Trinajstić information content (AvgIpc) is 2.63. The number of nitrogens with two attached hydrogens (primary N) is 1. The Bertz CT molecular complexity index is 558. The molecule has 1 amide bonds. The standard InChI is InChI=1S/C19H28ClN3O2/c20-16-4-6-18(7-5-16)25-13-12-22-8-10-23(11-9-22)19(24)15-2-1-3-17(21)14-15/h4-7,15,17H,1-3,8-14,21H2. The van der Waals surface area contributed by atoms with Gasteiger partial charge in [0.05, 0.1) is 0 Å². The lowest BCUT2D eigenvalue weighted by molar-refractivity contribution is -0.138. The van der Waals surface area contributed by atoms with Crippen LogP contribution in [0.15, 0.2) is 24.3 Å². The molecule has 25 heavy (non-hydrogen) atoms. The van der Waals surface area contributed by atoms with Crippen molar-refractivity contribution in [1.29, 1.82) is 0 Å². The number of amides is 1. The van der Waals surface area contributed by atoms with Gasteiger partial charge >= 0.3 is 0 Å². The molecule has 2 unspecified atom stereocenters. The second-order valence-corrected chi connectivity index (χ2v) is 7.53. The van der Waals surface area contributed by atoms with Crippen LogP contribution in [-0.4, -0.2) is 61.1 Å². The van der Waals surface area contributed by atoms with Crippen molar-refractivity contribution < 1.29 is 9.53 Å². The van der Waals surface area contributed by atoms with Crippen LogP contribution in [0.3, 0.4) is 0 Å². The maximum Gasteiger partial charge on any atom is 0.225 e. The highest BCUT2D eigenvalue weighted by Gasteiger charge is 2.30. The summed E-state index contributed by atoms with van der Waals surface area (Å²) in [7, 11) is 0. The van der Waals surface area contributed by atoms with E-state index in [1.165, 1.54) is 0 Å². The largest absolute Gasteiger partial charge is 0.492 e. The zero-order valence-electron chi connectivity index (χ0n) is 14.7. The van der Waals surface area contributed by atoms with Crippen molar-refractivity contribution in [3.8, 4) is 5.75 Å². The number of carbonyl (C=O) groups is 1. The van der Waals surface area contributed by atoms with Crippen LogP contribution in [0.2, 0.25) is 5.02 Å². The summed E-state index contributed by atoms with van der Waals surface area (Å²) in [6.45, 7) is 4.96. The van der Waals surface area contributed by atoms with Gasteiger partial charge in [0.1, 0.15) is 12.4 Å². The zero-order valence-corrected chi connectivity index (χ0v) is 15.5. The average molecular weight is 366 g/mol. The first-order chi connectivity index (χ1) is 12.1. The minimum atomic E-state index is 0.142. The molecule has 138 valence electrons. The van der Waals surface area contributed by atoms with Crippen LogP contribution >= 0.6 is 11.6 Å². The van der Waals surface area contributed by atoms with Crippen LogP contribution in [0.4, 0.5) is 0 Å². The van der Waals surface area contributed by atoms with Gasteiger partial charge in [-0.25, -0.2) is 0 Å². The molecule has 1 saturated heterocycles. The van der Waals surface area contributed by atoms with E-state index in [4.69, 9.17) is 22.1 Å². The molecule has 0 bridgehead atoms. The fraction of sp³-hybridized carbons (Fsp3) is 0.632. The SMILES string of the molecule is NC1CCCC(C(=O)N2CCN(CCOc3ccc(Cl)cc3)CC2)C1. The van der Waals surface area contributed by atoms with Crippen molar-refractivity contribution >= 4 is 17.5 Å². The lowest BCUT2D eigenvalue weighted by Crippen LogP contribution is -2.51. The van der Waals surface area contributed by atoms with E-state index in [1.807, 2.05) is 29.2 Å². The van der Waals surface area contributed by atoms with Crippen molar-refractivity contribution in [3.05, 3.63) is 29.3 Å². The summed E-state index contributed by atoms with van der Waals surface area (Å²) < 4.78 is 5.75. The third kappa shape index (κ3) is 5.33. The van der Waals surface area contributed by atoms with Gasteiger partial charge in [-0.05, 0) is 43.5 Å². The van der Waals surface area contributed by atoms with E-state index >= 15 is 0 Å². The molecule has 2 aliphatic rings. The first-order valence-electron chi connectivity index (χ1n) is 9.27. The van der Waals surface area contributed by atoms with E-state index in [0.717, 1.165) is 64.2 Å². The summed E-state index contributed by atoms with van der Waals surface area (Å²) in [6.07, 6.45) is 4.00. The molecule has 1 heterocycles. The van der Waals surface area contributed by atoms with Crippen molar-refractivity contribution in [2.75, 3.05) is 39.3 Å². The number of nitrogens with zero attached hydrogens (tertiary/aromatic N) is 2.